The number of pyridine rings is 1. The molecule has 0 aliphatic rings. The van der Waals surface area contributed by atoms with Crippen LogP contribution >= 0.6 is 11.6 Å². The normalized spacial score (nSPS) is 10.4. The van der Waals surface area contributed by atoms with Gasteiger partial charge < -0.3 is 10.5 Å². The molecule has 1 aromatic heterocycles. The Morgan fingerprint density at radius 1 is 1.25 bits per heavy atom. The Morgan fingerprint density at radius 3 is 2.55 bits per heavy atom. The highest BCUT2D eigenvalue weighted by Crippen LogP contribution is 2.31. The number of hydrogen-bond acceptors (Lipinski definition) is 3. The van der Waals surface area contributed by atoms with E-state index in [1.807, 2.05) is 39.0 Å². The highest BCUT2D eigenvalue weighted by atomic mass is 35.5. The monoisotopic (exact) mass is 289 g/mol. The van der Waals surface area contributed by atoms with Gasteiger partial charge >= 0.3 is 0 Å². The number of nitrogens with one attached hydrogen (secondary N) is 1. The van der Waals surface area contributed by atoms with E-state index in [0.29, 0.717) is 22.2 Å². The summed E-state index contributed by atoms with van der Waals surface area (Å²) in [7, 11) is 0. The van der Waals surface area contributed by atoms with Crippen LogP contribution in [0.5, 0.6) is 11.6 Å². The van der Waals surface area contributed by atoms with Gasteiger partial charge in [-0.2, -0.15) is 0 Å². The molecule has 0 spiro atoms. The van der Waals surface area contributed by atoms with Gasteiger partial charge in [0, 0.05) is 5.69 Å². The number of nitrogens with zero attached hydrogens (tertiary/aromatic N) is 1. The second-order valence-electron chi connectivity index (χ2n) is 4.71. The maximum absolute atomic E-state index is 7.67. The van der Waals surface area contributed by atoms with Crippen molar-refractivity contribution in [1.29, 1.82) is 5.41 Å². The molecule has 2 aromatic rings. The number of aryl methyl sites for hydroxylation is 3. The molecule has 2 rings (SSSR count). The minimum atomic E-state index is -0.0757. The highest BCUT2D eigenvalue weighted by molar-refractivity contribution is 6.32. The zero-order chi connectivity index (χ0) is 14.9. The van der Waals surface area contributed by atoms with Gasteiger partial charge in [-0.05, 0) is 50.1 Å². The van der Waals surface area contributed by atoms with Gasteiger partial charge in [0.1, 0.15) is 11.6 Å². The van der Waals surface area contributed by atoms with Crippen LogP contribution in [0.1, 0.15) is 22.4 Å². The quantitative estimate of drug-likeness (QED) is 0.668. The van der Waals surface area contributed by atoms with Crippen molar-refractivity contribution in [3.8, 4) is 11.6 Å². The van der Waals surface area contributed by atoms with Crippen LogP contribution in [0, 0.1) is 26.2 Å². The van der Waals surface area contributed by atoms with E-state index in [1.165, 1.54) is 0 Å². The third kappa shape index (κ3) is 2.91. The van der Waals surface area contributed by atoms with E-state index in [2.05, 4.69) is 4.98 Å². The number of ether oxygens (including phenoxy) is 1. The van der Waals surface area contributed by atoms with E-state index in [-0.39, 0.29) is 5.84 Å². The second-order valence-corrected chi connectivity index (χ2v) is 5.12. The molecular weight excluding hydrogens is 274 g/mol. The van der Waals surface area contributed by atoms with Gasteiger partial charge in [0.25, 0.3) is 0 Å². The standard InChI is InChI=1S/C15H16ClN3O/c1-8-4-5-12(11(16)6-8)20-15-13(14(17)18)9(2)7-10(3)19-15/h4-7H,1-3H3,(H3,17,18). The van der Waals surface area contributed by atoms with E-state index in [0.717, 1.165) is 16.8 Å². The molecule has 0 bridgehead atoms. The summed E-state index contributed by atoms with van der Waals surface area (Å²) in [5.74, 6) is 0.728. The Balaban J connectivity index is 2.50. The number of hydrogen-bond donors (Lipinski definition) is 2. The number of amidine groups is 1. The molecule has 0 fully saturated rings. The lowest BCUT2D eigenvalue weighted by Crippen LogP contribution is -2.15. The first-order valence-corrected chi connectivity index (χ1v) is 6.53. The van der Waals surface area contributed by atoms with Crippen LogP contribution in [-0.4, -0.2) is 10.8 Å². The molecule has 5 heteroatoms. The third-order valence-electron chi connectivity index (χ3n) is 2.87. The zero-order valence-corrected chi connectivity index (χ0v) is 12.4. The van der Waals surface area contributed by atoms with Crippen LogP contribution in [0.15, 0.2) is 24.3 Å². The van der Waals surface area contributed by atoms with Gasteiger partial charge in [0.05, 0.1) is 10.6 Å². The minimum Gasteiger partial charge on any atom is -0.437 e. The first-order chi connectivity index (χ1) is 9.38. The molecule has 104 valence electrons. The zero-order valence-electron chi connectivity index (χ0n) is 11.6. The van der Waals surface area contributed by atoms with E-state index in [1.54, 1.807) is 6.07 Å². The van der Waals surface area contributed by atoms with Crippen LogP contribution in [-0.2, 0) is 0 Å². The maximum atomic E-state index is 7.67. The van der Waals surface area contributed by atoms with Gasteiger partial charge in [-0.3, -0.25) is 5.41 Å². The summed E-state index contributed by atoms with van der Waals surface area (Å²) in [4.78, 5) is 4.31. The smallest absolute Gasteiger partial charge is 0.230 e. The maximum Gasteiger partial charge on any atom is 0.230 e. The second kappa shape index (κ2) is 5.51. The number of rotatable bonds is 3. The number of nitrogen functional groups attached to an aromatic ring is 1. The van der Waals surface area contributed by atoms with E-state index in [4.69, 9.17) is 27.5 Å². The summed E-state index contributed by atoms with van der Waals surface area (Å²) >= 11 is 6.15. The van der Waals surface area contributed by atoms with E-state index >= 15 is 0 Å². The van der Waals surface area contributed by atoms with Crippen molar-refractivity contribution in [2.45, 2.75) is 20.8 Å². The Bertz CT molecular complexity index is 683. The molecule has 20 heavy (non-hydrogen) atoms. The van der Waals surface area contributed by atoms with Crippen molar-refractivity contribution in [2.24, 2.45) is 5.73 Å². The Labute approximate surface area is 123 Å². The first kappa shape index (κ1) is 14.3. The van der Waals surface area contributed by atoms with Gasteiger partial charge in [-0.15, -0.1) is 0 Å². The molecular formula is C15H16ClN3O. The van der Waals surface area contributed by atoms with Crippen molar-refractivity contribution in [2.75, 3.05) is 0 Å². The van der Waals surface area contributed by atoms with Crippen LogP contribution in [0.2, 0.25) is 5.02 Å². The minimum absolute atomic E-state index is 0.0757. The van der Waals surface area contributed by atoms with Crippen molar-refractivity contribution >= 4 is 17.4 Å². The SMILES string of the molecule is Cc1ccc(Oc2nc(C)cc(C)c2C(=N)N)c(Cl)c1. The highest BCUT2D eigenvalue weighted by Gasteiger charge is 2.15. The van der Waals surface area contributed by atoms with Crippen molar-refractivity contribution in [3.63, 3.8) is 0 Å². The van der Waals surface area contributed by atoms with E-state index < -0.39 is 0 Å². The van der Waals surface area contributed by atoms with E-state index in [9.17, 15) is 0 Å². The number of aromatic nitrogens is 1. The lowest BCUT2D eigenvalue weighted by molar-refractivity contribution is 0.460. The van der Waals surface area contributed by atoms with Gasteiger partial charge in [-0.1, -0.05) is 17.7 Å². The molecule has 0 aliphatic heterocycles. The molecule has 0 amide bonds. The van der Waals surface area contributed by atoms with Crippen molar-refractivity contribution in [3.05, 3.63) is 51.7 Å². The molecule has 1 aromatic carbocycles. The molecule has 0 aliphatic carbocycles. The molecule has 0 atom stereocenters. The Kier molecular flexibility index (Phi) is 3.95. The summed E-state index contributed by atoms with van der Waals surface area (Å²) in [6.45, 7) is 5.68. The van der Waals surface area contributed by atoms with Crippen molar-refractivity contribution in [1.82, 2.24) is 4.98 Å². The largest absolute Gasteiger partial charge is 0.437 e. The molecule has 0 saturated heterocycles. The molecule has 1 heterocycles. The summed E-state index contributed by atoms with van der Waals surface area (Å²) in [5, 5.41) is 8.17. The average molecular weight is 290 g/mol. The van der Waals surface area contributed by atoms with Gasteiger partial charge in [0.15, 0.2) is 0 Å². The van der Waals surface area contributed by atoms with Gasteiger partial charge in [-0.25, -0.2) is 4.98 Å². The fourth-order valence-corrected chi connectivity index (χ4v) is 2.27. The topological polar surface area (TPSA) is 72.0 Å². The lowest BCUT2D eigenvalue weighted by atomic mass is 10.1. The van der Waals surface area contributed by atoms with Gasteiger partial charge in [0.2, 0.25) is 5.88 Å². The number of nitrogens with two attached hydrogens (primary N) is 1. The summed E-state index contributed by atoms with van der Waals surface area (Å²) in [6, 6.07) is 7.35. The predicted octanol–water partition coefficient (Wildman–Crippen LogP) is 3.74. The van der Waals surface area contributed by atoms with Crippen LogP contribution in [0.3, 0.4) is 0 Å². The molecule has 4 nitrogen and oxygen atoms in total. The summed E-state index contributed by atoms with van der Waals surface area (Å²) in [5.41, 5.74) is 8.80. The summed E-state index contributed by atoms with van der Waals surface area (Å²) < 4.78 is 5.75. The Morgan fingerprint density at radius 2 is 1.95 bits per heavy atom. The average Bonchev–Trinajstić information content (AvgIpc) is 2.31. The fourth-order valence-electron chi connectivity index (χ4n) is 2.00. The predicted molar refractivity (Wildman–Crippen MR) is 81.0 cm³/mol. The number of benzene rings is 1. The third-order valence-corrected chi connectivity index (χ3v) is 3.17. The lowest BCUT2D eigenvalue weighted by Gasteiger charge is -2.13. The van der Waals surface area contributed by atoms with Crippen molar-refractivity contribution < 1.29 is 4.74 Å². The first-order valence-electron chi connectivity index (χ1n) is 6.15. The molecule has 3 N–H and O–H groups in total. The van der Waals surface area contributed by atoms with Crippen LogP contribution in [0.25, 0.3) is 0 Å². The molecule has 0 unspecified atom stereocenters. The van der Waals surface area contributed by atoms with Crippen LogP contribution < -0.4 is 10.5 Å². The fraction of sp³-hybridized carbons (Fsp3) is 0.200. The molecule has 0 radical (unpaired) electrons. The number of halogens is 1. The molecule has 0 saturated carbocycles. The Hall–Kier alpha value is -2.07. The van der Waals surface area contributed by atoms with Crippen LogP contribution in [0.4, 0.5) is 0 Å². The summed E-state index contributed by atoms with van der Waals surface area (Å²) in [6.07, 6.45) is 0.